The smallest absolute Gasteiger partial charge is 0.303 e. The number of allylic oxidation sites excluding steroid dienone is 2. The van der Waals surface area contributed by atoms with Gasteiger partial charge in [0, 0.05) is 19.4 Å². The fourth-order valence-corrected chi connectivity index (χ4v) is 3.58. The zero-order chi connectivity index (χ0) is 11.3. The zero-order valence-electron chi connectivity index (χ0n) is 9.74. The van der Waals surface area contributed by atoms with Crippen molar-refractivity contribution in [3.05, 3.63) is 11.6 Å². The lowest BCUT2D eigenvalue weighted by Gasteiger charge is -2.51. The van der Waals surface area contributed by atoms with E-state index in [2.05, 4.69) is 6.08 Å². The molecule has 3 heteroatoms. The number of fused-ring (bicyclic) bond motifs is 1. The van der Waals surface area contributed by atoms with Gasteiger partial charge in [0.25, 0.3) is 0 Å². The number of carbonyl (C=O) groups is 1. The third kappa shape index (κ3) is 1.34. The van der Waals surface area contributed by atoms with Crippen LogP contribution >= 0.6 is 0 Å². The Morgan fingerprint density at radius 3 is 2.94 bits per heavy atom. The highest BCUT2D eigenvalue weighted by molar-refractivity contribution is 5.67. The van der Waals surface area contributed by atoms with Gasteiger partial charge >= 0.3 is 5.97 Å². The molecule has 0 bridgehead atoms. The van der Waals surface area contributed by atoms with Gasteiger partial charge in [0.15, 0.2) is 0 Å². The van der Waals surface area contributed by atoms with Crippen LogP contribution in [-0.4, -0.2) is 18.1 Å². The first-order valence-electron chi connectivity index (χ1n) is 6.26. The molecule has 0 amide bonds. The zero-order valence-corrected chi connectivity index (χ0v) is 9.74. The lowest BCUT2D eigenvalue weighted by atomic mass is 9.60. The molecule has 0 spiro atoms. The quantitative estimate of drug-likeness (QED) is 0.582. The summed E-state index contributed by atoms with van der Waals surface area (Å²) in [5.41, 5.74) is 7.11. The number of carbonyl (C=O) groups excluding carboxylic acids is 1. The molecule has 0 unspecified atom stereocenters. The van der Waals surface area contributed by atoms with Crippen LogP contribution in [0.4, 0.5) is 0 Å². The van der Waals surface area contributed by atoms with E-state index in [1.54, 1.807) is 5.57 Å². The average Bonchev–Trinajstić information content (AvgIpc) is 2.99. The third-order valence-electron chi connectivity index (χ3n) is 4.50. The first-order chi connectivity index (χ1) is 7.66. The molecule has 0 heterocycles. The summed E-state index contributed by atoms with van der Waals surface area (Å²) in [7, 11) is 0. The predicted octanol–water partition coefficient (Wildman–Crippen LogP) is 1.62. The summed E-state index contributed by atoms with van der Waals surface area (Å²) >= 11 is 0. The second kappa shape index (κ2) is 3.33. The monoisotopic (exact) mass is 221 g/mol. The van der Waals surface area contributed by atoms with Gasteiger partial charge in [-0.2, -0.15) is 0 Å². The van der Waals surface area contributed by atoms with Gasteiger partial charge in [0.2, 0.25) is 0 Å². The van der Waals surface area contributed by atoms with Gasteiger partial charge < -0.3 is 10.5 Å². The lowest BCUT2D eigenvalue weighted by Crippen LogP contribution is -2.59. The van der Waals surface area contributed by atoms with Crippen molar-refractivity contribution in [3.8, 4) is 0 Å². The summed E-state index contributed by atoms with van der Waals surface area (Å²) in [6.07, 6.45) is 7.11. The molecule has 0 aromatic heterocycles. The van der Waals surface area contributed by atoms with Crippen molar-refractivity contribution >= 4 is 5.97 Å². The van der Waals surface area contributed by atoms with Gasteiger partial charge in [-0.05, 0) is 37.5 Å². The number of ether oxygens (including phenoxy) is 1. The molecule has 3 rings (SSSR count). The van der Waals surface area contributed by atoms with Gasteiger partial charge in [0.1, 0.15) is 5.60 Å². The van der Waals surface area contributed by atoms with Gasteiger partial charge in [-0.25, -0.2) is 0 Å². The molecular weight excluding hydrogens is 202 g/mol. The highest BCUT2D eigenvalue weighted by Gasteiger charge is 2.59. The van der Waals surface area contributed by atoms with E-state index >= 15 is 0 Å². The van der Waals surface area contributed by atoms with Crippen molar-refractivity contribution in [2.45, 2.75) is 38.2 Å². The van der Waals surface area contributed by atoms with E-state index in [0.717, 1.165) is 18.8 Å². The Kier molecular flexibility index (Phi) is 2.15. The Morgan fingerprint density at radius 2 is 2.38 bits per heavy atom. The van der Waals surface area contributed by atoms with Crippen molar-refractivity contribution in [2.75, 3.05) is 6.54 Å². The Morgan fingerprint density at radius 1 is 1.62 bits per heavy atom. The second-order valence-electron chi connectivity index (χ2n) is 5.49. The minimum absolute atomic E-state index is 0.191. The van der Waals surface area contributed by atoms with Crippen molar-refractivity contribution in [2.24, 2.45) is 23.5 Å². The van der Waals surface area contributed by atoms with Gasteiger partial charge in [-0.1, -0.05) is 11.6 Å². The maximum atomic E-state index is 11.1. The topological polar surface area (TPSA) is 52.3 Å². The molecule has 0 saturated heterocycles. The Labute approximate surface area is 96.0 Å². The number of nitrogens with two attached hydrogens (primary N) is 1. The van der Waals surface area contributed by atoms with E-state index in [0.29, 0.717) is 18.4 Å². The molecule has 3 aliphatic rings. The molecule has 0 radical (unpaired) electrons. The van der Waals surface area contributed by atoms with Crippen LogP contribution in [0.5, 0.6) is 0 Å². The third-order valence-corrected chi connectivity index (χ3v) is 4.50. The minimum Gasteiger partial charge on any atom is -0.458 e. The molecule has 0 aliphatic heterocycles. The van der Waals surface area contributed by atoms with Crippen LogP contribution in [0.25, 0.3) is 0 Å². The predicted molar refractivity (Wildman–Crippen MR) is 60.6 cm³/mol. The number of hydrogen-bond acceptors (Lipinski definition) is 3. The van der Waals surface area contributed by atoms with Crippen molar-refractivity contribution in [3.63, 3.8) is 0 Å². The standard InChI is InChI=1S/C13H19NO2/c1-8(15)16-13(7-14)6-11-10(9-2-3-9)4-5-12(11)13/h4,9,11-12H,2-3,5-7,14H2,1H3/t11-,12+,13+/m0/s1. The Hall–Kier alpha value is -0.830. The molecule has 2 saturated carbocycles. The summed E-state index contributed by atoms with van der Waals surface area (Å²) in [5.74, 6) is 1.79. The van der Waals surface area contributed by atoms with Gasteiger partial charge in [-0.3, -0.25) is 4.79 Å². The van der Waals surface area contributed by atoms with Crippen LogP contribution in [0.2, 0.25) is 0 Å². The van der Waals surface area contributed by atoms with Crippen LogP contribution in [0.3, 0.4) is 0 Å². The molecule has 16 heavy (non-hydrogen) atoms. The first-order valence-corrected chi connectivity index (χ1v) is 6.26. The van der Waals surface area contributed by atoms with E-state index < -0.39 is 0 Å². The highest BCUT2D eigenvalue weighted by atomic mass is 16.6. The van der Waals surface area contributed by atoms with E-state index in [1.165, 1.54) is 19.8 Å². The van der Waals surface area contributed by atoms with E-state index in [9.17, 15) is 4.79 Å². The van der Waals surface area contributed by atoms with E-state index in [4.69, 9.17) is 10.5 Å². The molecule has 2 fully saturated rings. The van der Waals surface area contributed by atoms with Crippen molar-refractivity contribution in [1.29, 1.82) is 0 Å². The van der Waals surface area contributed by atoms with Gasteiger partial charge in [-0.15, -0.1) is 0 Å². The number of rotatable bonds is 3. The molecular formula is C13H19NO2. The molecule has 88 valence electrons. The van der Waals surface area contributed by atoms with Crippen LogP contribution in [0.1, 0.15) is 32.6 Å². The maximum absolute atomic E-state index is 11.1. The Balaban J connectivity index is 1.72. The Bertz CT molecular complexity index is 359. The molecule has 3 atom stereocenters. The molecule has 0 aromatic carbocycles. The molecule has 0 aromatic rings. The SMILES string of the molecule is CC(=O)O[C@@]1(CN)C[C@H]2C(C3CC3)=CC[C@H]21. The summed E-state index contributed by atoms with van der Waals surface area (Å²) < 4.78 is 5.49. The van der Waals surface area contributed by atoms with Crippen molar-refractivity contribution in [1.82, 2.24) is 0 Å². The lowest BCUT2D eigenvalue weighted by molar-refractivity contribution is -0.184. The summed E-state index contributed by atoms with van der Waals surface area (Å²) in [5, 5.41) is 0. The van der Waals surface area contributed by atoms with Gasteiger partial charge in [0.05, 0.1) is 0 Å². The minimum atomic E-state index is -0.344. The largest absolute Gasteiger partial charge is 0.458 e. The maximum Gasteiger partial charge on any atom is 0.303 e. The normalized spacial score (nSPS) is 41.0. The molecule has 3 nitrogen and oxygen atoms in total. The number of esters is 1. The molecule has 3 aliphatic carbocycles. The summed E-state index contributed by atoms with van der Waals surface area (Å²) in [6, 6.07) is 0. The van der Waals surface area contributed by atoms with Crippen LogP contribution in [0, 0.1) is 17.8 Å². The van der Waals surface area contributed by atoms with E-state index in [-0.39, 0.29) is 11.6 Å². The van der Waals surface area contributed by atoms with E-state index in [1.807, 2.05) is 0 Å². The van der Waals surface area contributed by atoms with Crippen LogP contribution in [-0.2, 0) is 9.53 Å². The first kappa shape index (κ1) is 10.3. The highest BCUT2D eigenvalue weighted by Crippen LogP contribution is 2.59. The molecule has 2 N–H and O–H groups in total. The second-order valence-corrected chi connectivity index (χ2v) is 5.49. The van der Waals surface area contributed by atoms with Crippen molar-refractivity contribution < 1.29 is 9.53 Å². The van der Waals surface area contributed by atoms with Crippen LogP contribution in [0.15, 0.2) is 11.6 Å². The number of hydrogen-bond donors (Lipinski definition) is 1. The average molecular weight is 221 g/mol. The fraction of sp³-hybridized carbons (Fsp3) is 0.769. The summed E-state index contributed by atoms with van der Waals surface area (Å²) in [4.78, 5) is 11.1. The van der Waals surface area contributed by atoms with Crippen LogP contribution < -0.4 is 5.73 Å². The fourth-order valence-electron chi connectivity index (χ4n) is 3.58. The summed E-state index contributed by atoms with van der Waals surface area (Å²) in [6.45, 7) is 1.95.